The van der Waals surface area contributed by atoms with Gasteiger partial charge in [-0.2, -0.15) is 0 Å². The molecule has 2 rings (SSSR count). The van der Waals surface area contributed by atoms with Crippen LogP contribution < -0.4 is 0 Å². The van der Waals surface area contributed by atoms with E-state index in [9.17, 15) is 9.59 Å². The number of hydrogen-bond donors (Lipinski definition) is 1. The van der Waals surface area contributed by atoms with E-state index < -0.39 is 5.97 Å². The first kappa shape index (κ1) is 13.9. The van der Waals surface area contributed by atoms with Gasteiger partial charge < -0.3 is 10.0 Å². The normalized spacial score (nSPS) is 17.6. The highest BCUT2D eigenvalue weighted by molar-refractivity contribution is 7.99. The molecule has 1 aromatic rings. The van der Waals surface area contributed by atoms with Gasteiger partial charge in [-0.15, -0.1) is 11.8 Å². The molecule has 19 heavy (non-hydrogen) atoms. The van der Waals surface area contributed by atoms with Crippen LogP contribution in [0.5, 0.6) is 0 Å². The Morgan fingerprint density at radius 2 is 2.16 bits per heavy atom. The fourth-order valence-electron chi connectivity index (χ4n) is 2.23. The number of amides is 1. The molecule has 5 heteroatoms. The molecule has 0 saturated carbocycles. The SMILES string of the molecule is CCCN1C(=O)c2ccccc2[C@H]1SCCC(=O)O. The summed E-state index contributed by atoms with van der Waals surface area (Å²) in [5, 5.41) is 8.67. The number of benzene rings is 1. The maximum absolute atomic E-state index is 12.3. The van der Waals surface area contributed by atoms with Crippen molar-refractivity contribution in [2.75, 3.05) is 12.3 Å². The van der Waals surface area contributed by atoms with Crippen LogP contribution in [0.3, 0.4) is 0 Å². The molecule has 1 aliphatic rings. The molecule has 0 spiro atoms. The summed E-state index contributed by atoms with van der Waals surface area (Å²) in [5.41, 5.74) is 1.76. The molecular weight excluding hydrogens is 262 g/mol. The number of fused-ring (bicyclic) bond motifs is 1. The minimum absolute atomic E-state index is 0.0389. The Morgan fingerprint density at radius 1 is 1.42 bits per heavy atom. The van der Waals surface area contributed by atoms with E-state index in [-0.39, 0.29) is 17.7 Å². The molecule has 1 N–H and O–H groups in total. The average molecular weight is 279 g/mol. The molecule has 4 nitrogen and oxygen atoms in total. The number of thioether (sulfide) groups is 1. The summed E-state index contributed by atoms with van der Waals surface area (Å²) < 4.78 is 0. The molecule has 0 radical (unpaired) electrons. The first-order valence-electron chi connectivity index (χ1n) is 6.38. The van der Waals surface area contributed by atoms with E-state index in [0.717, 1.165) is 17.5 Å². The van der Waals surface area contributed by atoms with Crippen molar-refractivity contribution in [2.24, 2.45) is 0 Å². The number of carboxylic acids is 1. The number of hydrogen-bond acceptors (Lipinski definition) is 3. The van der Waals surface area contributed by atoms with E-state index in [2.05, 4.69) is 0 Å². The third-order valence-electron chi connectivity index (χ3n) is 3.06. The summed E-state index contributed by atoms with van der Waals surface area (Å²) in [7, 11) is 0. The zero-order valence-electron chi connectivity index (χ0n) is 10.8. The molecule has 0 aromatic heterocycles. The van der Waals surface area contributed by atoms with E-state index >= 15 is 0 Å². The average Bonchev–Trinajstić information content (AvgIpc) is 2.65. The smallest absolute Gasteiger partial charge is 0.304 e. The van der Waals surface area contributed by atoms with Crippen LogP contribution in [0.25, 0.3) is 0 Å². The van der Waals surface area contributed by atoms with Gasteiger partial charge >= 0.3 is 5.97 Å². The van der Waals surface area contributed by atoms with Gasteiger partial charge in [0.2, 0.25) is 0 Å². The van der Waals surface area contributed by atoms with Crippen molar-refractivity contribution in [3.05, 3.63) is 35.4 Å². The van der Waals surface area contributed by atoms with Crippen molar-refractivity contribution in [1.29, 1.82) is 0 Å². The Hall–Kier alpha value is -1.49. The lowest BCUT2D eigenvalue weighted by molar-refractivity contribution is -0.136. The second kappa shape index (κ2) is 6.10. The largest absolute Gasteiger partial charge is 0.481 e. The molecule has 0 aliphatic carbocycles. The minimum Gasteiger partial charge on any atom is -0.481 e. The molecule has 1 aromatic carbocycles. The van der Waals surface area contributed by atoms with Crippen LogP contribution >= 0.6 is 11.8 Å². The van der Waals surface area contributed by atoms with Gasteiger partial charge in [-0.3, -0.25) is 9.59 Å². The lowest BCUT2D eigenvalue weighted by atomic mass is 10.1. The summed E-state index contributed by atoms with van der Waals surface area (Å²) in [6.45, 7) is 2.74. The quantitative estimate of drug-likeness (QED) is 0.870. The van der Waals surface area contributed by atoms with Crippen molar-refractivity contribution in [3.63, 3.8) is 0 Å². The van der Waals surface area contributed by atoms with Gasteiger partial charge in [0.15, 0.2) is 0 Å². The van der Waals surface area contributed by atoms with Crippen LogP contribution in [-0.2, 0) is 4.79 Å². The Balaban J connectivity index is 2.17. The Kier molecular flexibility index (Phi) is 4.47. The summed E-state index contributed by atoms with van der Waals surface area (Å²) in [5.74, 6) is -0.223. The fraction of sp³-hybridized carbons (Fsp3) is 0.429. The second-order valence-electron chi connectivity index (χ2n) is 4.45. The Bertz CT molecular complexity index is 489. The zero-order valence-corrected chi connectivity index (χ0v) is 11.7. The second-order valence-corrected chi connectivity index (χ2v) is 5.64. The fourth-order valence-corrected chi connectivity index (χ4v) is 3.52. The Labute approximate surface area is 116 Å². The number of carbonyl (C=O) groups is 2. The minimum atomic E-state index is -0.799. The molecule has 0 fully saturated rings. The molecule has 0 unspecified atom stereocenters. The highest BCUT2D eigenvalue weighted by Gasteiger charge is 2.35. The van der Waals surface area contributed by atoms with E-state index in [1.807, 2.05) is 36.1 Å². The van der Waals surface area contributed by atoms with E-state index in [0.29, 0.717) is 12.3 Å². The van der Waals surface area contributed by atoms with Crippen molar-refractivity contribution in [3.8, 4) is 0 Å². The number of rotatable bonds is 6. The van der Waals surface area contributed by atoms with Crippen molar-refractivity contribution in [1.82, 2.24) is 4.90 Å². The molecule has 1 atom stereocenters. The molecule has 1 aliphatic heterocycles. The molecule has 1 amide bonds. The molecule has 0 saturated heterocycles. The van der Waals surface area contributed by atoms with Gasteiger partial charge in [0.1, 0.15) is 5.37 Å². The number of carboxylic acid groups (broad SMARTS) is 1. The third kappa shape index (κ3) is 2.92. The molecule has 102 valence electrons. The van der Waals surface area contributed by atoms with Gasteiger partial charge in [-0.1, -0.05) is 25.1 Å². The van der Waals surface area contributed by atoms with Crippen LogP contribution in [0.1, 0.15) is 41.1 Å². The lowest BCUT2D eigenvalue weighted by Crippen LogP contribution is -2.27. The summed E-state index contributed by atoms with van der Waals surface area (Å²) >= 11 is 1.53. The summed E-state index contributed by atoms with van der Waals surface area (Å²) in [6, 6.07) is 7.59. The van der Waals surface area contributed by atoms with Crippen LogP contribution in [0.2, 0.25) is 0 Å². The van der Waals surface area contributed by atoms with Gasteiger partial charge in [0.05, 0.1) is 6.42 Å². The summed E-state index contributed by atoms with van der Waals surface area (Å²) in [6.07, 6.45) is 1.02. The van der Waals surface area contributed by atoms with Crippen LogP contribution in [0, 0.1) is 0 Å². The number of carbonyl (C=O) groups excluding carboxylic acids is 1. The zero-order chi connectivity index (χ0) is 13.8. The number of nitrogens with zero attached hydrogens (tertiary/aromatic N) is 1. The standard InChI is InChI=1S/C14H17NO3S/c1-2-8-15-13(18)10-5-3-4-6-11(10)14(15)19-9-7-12(16)17/h3-6,14H,2,7-9H2,1H3,(H,16,17)/t14-/m1/s1. The Morgan fingerprint density at radius 3 is 2.84 bits per heavy atom. The molecule has 1 heterocycles. The van der Waals surface area contributed by atoms with Crippen molar-refractivity contribution in [2.45, 2.75) is 25.1 Å². The predicted molar refractivity (Wildman–Crippen MR) is 75.2 cm³/mol. The van der Waals surface area contributed by atoms with Crippen molar-refractivity contribution >= 4 is 23.6 Å². The van der Waals surface area contributed by atoms with E-state index in [1.54, 1.807) is 0 Å². The maximum atomic E-state index is 12.3. The van der Waals surface area contributed by atoms with Gasteiger partial charge in [-0.25, -0.2) is 0 Å². The van der Waals surface area contributed by atoms with E-state index in [4.69, 9.17) is 5.11 Å². The van der Waals surface area contributed by atoms with Gasteiger partial charge in [0.25, 0.3) is 5.91 Å². The van der Waals surface area contributed by atoms with Crippen LogP contribution in [0.4, 0.5) is 0 Å². The van der Waals surface area contributed by atoms with Gasteiger partial charge in [-0.05, 0) is 18.1 Å². The topological polar surface area (TPSA) is 57.6 Å². The monoisotopic (exact) mass is 279 g/mol. The first-order valence-corrected chi connectivity index (χ1v) is 7.43. The van der Waals surface area contributed by atoms with Gasteiger partial charge in [0, 0.05) is 17.9 Å². The highest BCUT2D eigenvalue weighted by atomic mass is 32.2. The van der Waals surface area contributed by atoms with Crippen molar-refractivity contribution < 1.29 is 14.7 Å². The first-order chi connectivity index (χ1) is 9.15. The highest BCUT2D eigenvalue weighted by Crippen LogP contribution is 2.41. The molecule has 0 bridgehead atoms. The number of aliphatic carboxylic acids is 1. The lowest BCUT2D eigenvalue weighted by Gasteiger charge is -2.24. The maximum Gasteiger partial charge on any atom is 0.304 e. The predicted octanol–water partition coefficient (Wildman–Crippen LogP) is 2.76. The van der Waals surface area contributed by atoms with Crippen LogP contribution in [-0.4, -0.2) is 34.2 Å². The van der Waals surface area contributed by atoms with E-state index in [1.165, 1.54) is 11.8 Å². The van der Waals surface area contributed by atoms with Crippen LogP contribution in [0.15, 0.2) is 24.3 Å². The third-order valence-corrected chi connectivity index (χ3v) is 4.32. The molecular formula is C14H17NO3S. The summed E-state index contributed by atoms with van der Waals surface area (Å²) in [4.78, 5) is 24.7.